The Bertz CT molecular complexity index is 644. The molecule has 0 spiro atoms. The molecule has 0 aliphatic heterocycles. The van der Waals surface area contributed by atoms with Gasteiger partial charge in [0.15, 0.2) is 0 Å². The van der Waals surface area contributed by atoms with Gasteiger partial charge in [0.25, 0.3) is 0 Å². The largest absolute Gasteiger partial charge is 0.369 e. The van der Waals surface area contributed by atoms with Gasteiger partial charge >= 0.3 is 0 Å². The molecule has 0 unspecified atom stereocenters. The lowest BCUT2D eigenvalue weighted by atomic mass is 10.0. The fraction of sp³-hybridized carbons (Fsp3) is 0.429. The van der Waals surface area contributed by atoms with E-state index in [1.807, 2.05) is 12.1 Å². The Morgan fingerprint density at radius 3 is 2.89 bits per heavy atom. The molecule has 18 heavy (non-hydrogen) atoms. The second-order valence-electron chi connectivity index (χ2n) is 5.22. The Labute approximate surface area is 106 Å². The average Bonchev–Trinajstić information content (AvgIpc) is 3.10. The van der Waals surface area contributed by atoms with E-state index in [1.54, 1.807) is 6.07 Å². The Hall–Kier alpha value is -2.02. The predicted molar refractivity (Wildman–Crippen MR) is 70.8 cm³/mol. The third-order valence-corrected chi connectivity index (χ3v) is 4.11. The molecule has 4 nitrogen and oxygen atoms in total. The highest BCUT2D eigenvalue weighted by Gasteiger charge is 2.41. The van der Waals surface area contributed by atoms with Gasteiger partial charge in [0.05, 0.1) is 22.7 Å². The summed E-state index contributed by atoms with van der Waals surface area (Å²) < 4.78 is 2.06. The highest BCUT2D eigenvalue weighted by molar-refractivity contribution is 5.79. The summed E-state index contributed by atoms with van der Waals surface area (Å²) in [7, 11) is 0. The molecule has 92 valence electrons. The zero-order valence-electron chi connectivity index (χ0n) is 10.5. The molecule has 0 amide bonds. The van der Waals surface area contributed by atoms with Crippen molar-refractivity contribution in [3.8, 4) is 6.07 Å². The van der Waals surface area contributed by atoms with Gasteiger partial charge in [0.2, 0.25) is 5.95 Å². The van der Waals surface area contributed by atoms with Crippen LogP contribution >= 0.6 is 0 Å². The molecule has 0 bridgehead atoms. The molecule has 1 heterocycles. The zero-order chi connectivity index (χ0) is 12.8. The molecule has 0 atom stereocenters. The second-order valence-corrected chi connectivity index (χ2v) is 5.22. The van der Waals surface area contributed by atoms with E-state index in [0.717, 1.165) is 17.6 Å². The Balaban J connectivity index is 2.10. The summed E-state index contributed by atoms with van der Waals surface area (Å²) in [6, 6.07) is 7.70. The van der Waals surface area contributed by atoms with Gasteiger partial charge in [-0.15, -0.1) is 0 Å². The van der Waals surface area contributed by atoms with E-state index in [4.69, 9.17) is 11.0 Å². The van der Waals surface area contributed by atoms with Crippen LogP contribution in [0.4, 0.5) is 5.95 Å². The maximum absolute atomic E-state index is 8.97. The van der Waals surface area contributed by atoms with Crippen LogP contribution in [-0.2, 0) is 6.54 Å². The van der Waals surface area contributed by atoms with Crippen molar-refractivity contribution in [2.24, 2.45) is 5.41 Å². The summed E-state index contributed by atoms with van der Waals surface area (Å²) in [6.45, 7) is 3.14. The van der Waals surface area contributed by atoms with Gasteiger partial charge in [-0.25, -0.2) is 4.98 Å². The number of benzene rings is 1. The lowest BCUT2D eigenvalue weighted by Gasteiger charge is -2.15. The van der Waals surface area contributed by atoms with Crippen molar-refractivity contribution in [2.75, 3.05) is 5.73 Å². The molecule has 2 N–H and O–H groups in total. The number of rotatable bonds is 3. The van der Waals surface area contributed by atoms with Crippen LogP contribution in [0.3, 0.4) is 0 Å². The molecule has 1 aromatic carbocycles. The third kappa shape index (κ3) is 1.63. The molecule has 1 aliphatic rings. The topological polar surface area (TPSA) is 67.6 Å². The van der Waals surface area contributed by atoms with Gasteiger partial charge in [-0.3, -0.25) is 0 Å². The number of nitrogens with two attached hydrogens (primary N) is 1. The van der Waals surface area contributed by atoms with Crippen molar-refractivity contribution in [2.45, 2.75) is 32.7 Å². The maximum atomic E-state index is 8.97. The second kappa shape index (κ2) is 3.74. The number of anilines is 1. The fourth-order valence-electron chi connectivity index (χ4n) is 2.51. The number of imidazole rings is 1. The van der Waals surface area contributed by atoms with Gasteiger partial charge in [0, 0.05) is 6.54 Å². The van der Waals surface area contributed by atoms with Crippen molar-refractivity contribution in [1.29, 1.82) is 5.26 Å². The van der Waals surface area contributed by atoms with Crippen molar-refractivity contribution in [3.63, 3.8) is 0 Å². The quantitative estimate of drug-likeness (QED) is 0.896. The first-order valence-electron chi connectivity index (χ1n) is 6.33. The first-order chi connectivity index (χ1) is 8.67. The lowest BCUT2D eigenvalue weighted by Crippen LogP contribution is -2.13. The van der Waals surface area contributed by atoms with Gasteiger partial charge in [-0.1, -0.05) is 6.92 Å². The highest BCUT2D eigenvalue weighted by atomic mass is 15.2. The summed E-state index contributed by atoms with van der Waals surface area (Å²) in [5, 5.41) is 8.97. The van der Waals surface area contributed by atoms with Crippen molar-refractivity contribution < 1.29 is 0 Å². The Morgan fingerprint density at radius 2 is 2.28 bits per heavy atom. The van der Waals surface area contributed by atoms with Crippen LogP contribution in [0.25, 0.3) is 11.0 Å². The molecule has 2 aromatic rings. The number of nitrogen functional groups attached to an aromatic ring is 1. The minimum Gasteiger partial charge on any atom is -0.369 e. The predicted octanol–water partition coefficient (Wildman–Crippen LogP) is 2.68. The third-order valence-electron chi connectivity index (χ3n) is 4.11. The lowest BCUT2D eigenvalue weighted by molar-refractivity contribution is 0.418. The van der Waals surface area contributed by atoms with Crippen LogP contribution in [0, 0.1) is 16.7 Å². The minimum atomic E-state index is 0.407. The number of nitrogens with zero attached hydrogens (tertiary/aromatic N) is 3. The van der Waals surface area contributed by atoms with Crippen LogP contribution < -0.4 is 5.73 Å². The van der Waals surface area contributed by atoms with E-state index in [2.05, 4.69) is 22.5 Å². The molecule has 1 saturated carbocycles. The average molecular weight is 240 g/mol. The van der Waals surface area contributed by atoms with Crippen molar-refractivity contribution in [3.05, 3.63) is 23.8 Å². The number of aromatic nitrogens is 2. The Morgan fingerprint density at radius 1 is 1.50 bits per heavy atom. The van der Waals surface area contributed by atoms with Crippen LogP contribution in [0.5, 0.6) is 0 Å². The van der Waals surface area contributed by atoms with E-state index >= 15 is 0 Å². The summed E-state index contributed by atoms with van der Waals surface area (Å²) in [5.41, 5.74) is 8.92. The van der Waals surface area contributed by atoms with E-state index in [1.165, 1.54) is 19.3 Å². The van der Waals surface area contributed by atoms with Gasteiger partial charge in [-0.05, 0) is 42.9 Å². The minimum absolute atomic E-state index is 0.407. The van der Waals surface area contributed by atoms with Gasteiger partial charge in [-0.2, -0.15) is 5.26 Å². The number of fused-ring (bicyclic) bond motifs is 1. The number of nitriles is 1. The Kier molecular flexibility index (Phi) is 2.30. The van der Waals surface area contributed by atoms with Gasteiger partial charge < -0.3 is 10.3 Å². The normalized spacial score (nSPS) is 16.7. The SMILES string of the molecule is CCC1(Cn2c(N)nc3ccc(C#N)cc32)CC1. The van der Waals surface area contributed by atoms with E-state index in [9.17, 15) is 0 Å². The summed E-state index contributed by atoms with van der Waals surface area (Å²) in [5.74, 6) is 0.555. The summed E-state index contributed by atoms with van der Waals surface area (Å²) in [6.07, 6.45) is 3.70. The van der Waals surface area contributed by atoms with Crippen molar-refractivity contribution >= 4 is 17.0 Å². The molecule has 3 rings (SSSR count). The smallest absolute Gasteiger partial charge is 0.201 e. The molecule has 0 radical (unpaired) electrons. The summed E-state index contributed by atoms with van der Waals surface area (Å²) >= 11 is 0. The standard InChI is InChI=1S/C14H16N4/c1-2-14(5-6-14)9-18-12-7-10(8-15)3-4-11(12)17-13(18)16/h3-4,7H,2,5-6,9H2,1H3,(H2,16,17). The van der Waals surface area contributed by atoms with Crippen molar-refractivity contribution in [1.82, 2.24) is 9.55 Å². The molecular formula is C14H16N4. The molecule has 1 aromatic heterocycles. The van der Waals surface area contributed by atoms with E-state index in [-0.39, 0.29) is 0 Å². The monoisotopic (exact) mass is 240 g/mol. The van der Waals surface area contributed by atoms with E-state index < -0.39 is 0 Å². The van der Waals surface area contributed by atoms with Crippen LogP contribution in [0.2, 0.25) is 0 Å². The van der Waals surface area contributed by atoms with Crippen LogP contribution in [-0.4, -0.2) is 9.55 Å². The number of hydrogen-bond acceptors (Lipinski definition) is 3. The fourth-order valence-corrected chi connectivity index (χ4v) is 2.51. The summed E-state index contributed by atoms with van der Waals surface area (Å²) in [4.78, 5) is 4.37. The zero-order valence-corrected chi connectivity index (χ0v) is 10.5. The molecule has 1 fully saturated rings. The maximum Gasteiger partial charge on any atom is 0.201 e. The molecule has 0 saturated heterocycles. The van der Waals surface area contributed by atoms with Gasteiger partial charge in [0.1, 0.15) is 0 Å². The highest BCUT2D eigenvalue weighted by Crippen LogP contribution is 2.50. The molecule has 1 aliphatic carbocycles. The molecular weight excluding hydrogens is 224 g/mol. The molecule has 4 heteroatoms. The van der Waals surface area contributed by atoms with E-state index in [0.29, 0.717) is 16.9 Å². The number of hydrogen-bond donors (Lipinski definition) is 1. The van der Waals surface area contributed by atoms with Crippen LogP contribution in [0.15, 0.2) is 18.2 Å². The first-order valence-corrected chi connectivity index (χ1v) is 6.33. The van der Waals surface area contributed by atoms with Crippen LogP contribution in [0.1, 0.15) is 31.7 Å². The first kappa shape index (κ1) is 11.1.